The number of anilines is 1. The largest absolute Gasteiger partial charge is 0.388 e. The molecule has 0 unspecified atom stereocenters. The summed E-state index contributed by atoms with van der Waals surface area (Å²) in [5.74, 6) is 0. The molecular formula is C18H22N4. The average Bonchev–Trinajstić information content (AvgIpc) is 3.07. The summed E-state index contributed by atoms with van der Waals surface area (Å²) in [4.78, 5) is 3.52. The lowest BCUT2D eigenvalue weighted by atomic mass is 9.76. The van der Waals surface area contributed by atoms with Crippen LogP contribution >= 0.6 is 0 Å². The molecule has 1 aliphatic carbocycles. The minimum absolute atomic E-state index is 0.374. The third kappa shape index (κ3) is 2.10. The predicted octanol–water partition coefficient (Wildman–Crippen LogP) is 4.11. The Morgan fingerprint density at radius 2 is 2.09 bits per heavy atom. The molecule has 4 nitrogen and oxygen atoms in total. The number of hydrogen-bond acceptors (Lipinski definition) is 2. The van der Waals surface area contributed by atoms with Gasteiger partial charge in [0.25, 0.3) is 0 Å². The Bertz CT molecular complexity index is 838. The number of hydrogen-bond donors (Lipinski definition) is 3. The first-order valence-corrected chi connectivity index (χ1v) is 7.93. The van der Waals surface area contributed by atoms with Gasteiger partial charge in [0.2, 0.25) is 0 Å². The van der Waals surface area contributed by atoms with Crippen molar-refractivity contribution in [3.8, 4) is 11.4 Å². The van der Waals surface area contributed by atoms with Crippen LogP contribution in [-0.2, 0) is 12.8 Å². The van der Waals surface area contributed by atoms with Crippen LogP contribution in [0.3, 0.4) is 0 Å². The van der Waals surface area contributed by atoms with Crippen molar-refractivity contribution >= 4 is 16.6 Å². The van der Waals surface area contributed by atoms with Gasteiger partial charge in [-0.3, -0.25) is 5.10 Å². The van der Waals surface area contributed by atoms with Crippen LogP contribution in [0.5, 0.6) is 0 Å². The van der Waals surface area contributed by atoms with Gasteiger partial charge in [-0.1, -0.05) is 19.9 Å². The van der Waals surface area contributed by atoms with E-state index < -0.39 is 0 Å². The fourth-order valence-corrected chi connectivity index (χ4v) is 3.48. The molecule has 0 fully saturated rings. The number of nitrogens with zero attached hydrogens (tertiary/aromatic N) is 1. The summed E-state index contributed by atoms with van der Waals surface area (Å²) >= 11 is 0. The van der Waals surface area contributed by atoms with E-state index in [0.717, 1.165) is 35.4 Å². The van der Waals surface area contributed by atoms with Gasteiger partial charge >= 0.3 is 0 Å². The zero-order valence-corrected chi connectivity index (χ0v) is 13.4. The number of aromatic amines is 2. The highest BCUT2D eigenvalue weighted by Gasteiger charge is 2.29. The van der Waals surface area contributed by atoms with E-state index in [-0.39, 0.29) is 0 Å². The molecule has 0 amide bonds. The van der Waals surface area contributed by atoms with Gasteiger partial charge in [-0.25, -0.2) is 0 Å². The summed E-state index contributed by atoms with van der Waals surface area (Å²) in [6, 6.07) is 8.58. The highest BCUT2D eigenvalue weighted by molar-refractivity contribution is 5.88. The molecule has 0 saturated carbocycles. The minimum atomic E-state index is 0.374. The Balaban J connectivity index is 1.78. The molecule has 114 valence electrons. The standard InChI is InChI=1S/C18H22N4/c1-18(2)7-6-13-16(10-18)21-22-17(13)15-8-11-4-5-12(19-3)9-14(11)20-15/h4-5,8-9,19-20H,6-7,10H2,1-3H3,(H,21,22). The van der Waals surface area contributed by atoms with E-state index in [1.165, 1.54) is 23.1 Å². The first-order chi connectivity index (χ1) is 10.6. The molecule has 2 aromatic heterocycles. The summed E-state index contributed by atoms with van der Waals surface area (Å²) in [6.07, 6.45) is 3.40. The summed E-state index contributed by atoms with van der Waals surface area (Å²) in [6.45, 7) is 4.66. The van der Waals surface area contributed by atoms with Crippen molar-refractivity contribution in [2.24, 2.45) is 5.41 Å². The first kappa shape index (κ1) is 13.4. The molecule has 3 N–H and O–H groups in total. The Labute approximate surface area is 130 Å². The van der Waals surface area contributed by atoms with Gasteiger partial charge in [0, 0.05) is 34.9 Å². The van der Waals surface area contributed by atoms with Crippen LogP contribution in [0.4, 0.5) is 5.69 Å². The smallest absolute Gasteiger partial charge is 0.112 e. The molecule has 0 radical (unpaired) electrons. The van der Waals surface area contributed by atoms with Crippen molar-refractivity contribution in [3.05, 3.63) is 35.5 Å². The van der Waals surface area contributed by atoms with Crippen LogP contribution in [0.25, 0.3) is 22.3 Å². The lowest BCUT2D eigenvalue weighted by Gasteiger charge is -2.28. The maximum atomic E-state index is 4.60. The molecule has 4 rings (SSSR count). The maximum Gasteiger partial charge on any atom is 0.112 e. The summed E-state index contributed by atoms with van der Waals surface area (Å²) in [5, 5.41) is 12.3. The molecule has 4 heteroatoms. The molecule has 0 aliphatic heterocycles. The van der Waals surface area contributed by atoms with Crippen LogP contribution < -0.4 is 5.32 Å². The highest BCUT2D eigenvalue weighted by atomic mass is 15.1. The molecule has 0 saturated heterocycles. The van der Waals surface area contributed by atoms with Gasteiger partial charge in [-0.2, -0.15) is 5.10 Å². The van der Waals surface area contributed by atoms with E-state index in [1.54, 1.807) is 0 Å². The molecule has 0 spiro atoms. The monoisotopic (exact) mass is 294 g/mol. The summed E-state index contributed by atoms with van der Waals surface area (Å²) < 4.78 is 0. The lowest BCUT2D eigenvalue weighted by Crippen LogP contribution is -2.21. The van der Waals surface area contributed by atoms with Crippen LogP contribution in [-0.4, -0.2) is 22.2 Å². The van der Waals surface area contributed by atoms with Gasteiger partial charge in [-0.15, -0.1) is 0 Å². The van der Waals surface area contributed by atoms with Gasteiger partial charge in [0.15, 0.2) is 0 Å². The molecule has 3 aromatic rings. The minimum Gasteiger partial charge on any atom is -0.388 e. The zero-order valence-electron chi connectivity index (χ0n) is 13.4. The van der Waals surface area contributed by atoms with E-state index in [2.05, 4.69) is 58.6 Å². The van der Waals surface area contributed by atoms with E-state index in [4.69, 9.17) is 0 Å². The van der Waals surface area contributed by atoms with E-state index >= 15 is 0 Å². The fraction of sp³-hybridized carbons (Fsp3) is 0.389. The van der Waals surface area contributed by atoms with E-state index in [1.807, 2.05) is 7.05 Å². The number of rotatable bonds is 2. The number of fused-ring (bicyclic) bond motifs is 2. The van der Waals surface area contributed by atoms with Gasteiger partial charge in [0.1, 0.15) is 5.69 Å². The van der Waals surface area contributed by atoms with Crippen molar-refractivity contribution < 1.29 is 0 Å². The van der Waals surface area contributed by atoms with Crippen LogP contribution in [0.2, 0.25) is 0 Å². The van der Waals surface area contributed by atoms with Gasteiger partial charge in [-0.05, 0) is 42.9 Å². The molecule has 0 atom stereocenters. The van der Waals surface area contributed by atoms with Crippen molar-refractivity contribution in [3.63, 3.8) is 0 Å². The highest BCUT2D eigenvalue weighted by Crippen LogP contribution is 2.38. The molecule has 0 bridgehead atoms. The summed E-state index contributed by atoms with van der Waals surface area (Å²) in [7, 11) is 1.94. The SMILES string of the molecule is CNc1ccc2cc(-c3n[nH]c4c3CCC(C)(C)C4)[nH]c2c1. The summed E-state index contributed by atoms with van der Waals surface area (Å²) in [5.41, 5.74) is 7.54. The second-order valence-electron chi connectivity index (χ2n) is 7.11. The van der Waals surface area contributed by atoms with Gasteiger partial charge in [0.05, 0.1) is 5.69 Å². The Morgan fingerprint density at radius 3 is 2.91 bits per heavy atom. The molecular weight excluding hydrogens is 272 g/mol. The Hall–Kier alpha value is -2.23. The Kier molecular flexibility index (Phi) is 2.83. The molecule has 22 heavy (non-hydrogen) atoms. The Morgan fingerprint density at radius 1 is 1.23 bits per heavy atom. The maximum absolute atomic E-state index is 4.60. The van der Waals surface area contributed by atoms with Crippen LogP contribution in [0.15, 0.2) is 24.3 Å². The predicted molar refractivity (Wildman–Crippen MR) is 91.2 cm³/mol. The molecule has 1 aliphatic rings. The van der Waals surface area contributed by atoms with Crippen molar-refractivity contribution in [2.75, 3.05) is 12.4 Å². The number of aromatic nitrogens is 3. The number of benzene rings is 1. The van der Waals surface area contributed by atoms with E-state index in [0.29, 0.717) is 5.41 Å². The van der Waals surface area contributed by atoms with Crippen LogP contribution in [0.1, 0.15) is 31.5 Å². The van der Waals surface area contributed by atoms with Crippen molar-refractivity contribution in [1.29, 1.82) is 0 Å². The lowest BCUT2D eigenvalue weighted by molar-refractivity contribution is 0.312. The average molecular weight is 294 g/mol. The van der Waals surface area contributed by atoms with Crippen molar-refractivity contribution in [1.82, 2.24) is 15.2 Å². The molecule has 1 aromatic carbocycles. The molecule has 2 heterocycles. The quantitative estimate of drug-likeness (QED) is 0.666. The second kappa shape index (κ2) is 4.63. The number of H-pyrrole nitrogens is 2. The zero-order chi connectivity index (χ0) is 15.3. The van der Waals surface area contributed by atoms with Gasteiger partial charge < -0.3 is 10.3 Å². The van der Waals surface area contributed by atoms with Crippen LogP contribution in [0, 0.1) is 5.41 Å². The normalized spacial score (nSPS) is 16.7. The van der Waals surface area contributed by atoms with E-state index in [9.17, 15) is 0 Å². The van der Waals surface area contributed by atoms with Crippen molar-refractivity contribution in [2.45, 2.75) is 33.1 Å². The fourth-order valence-electron chi connectivity index (χ4n) is 3.48. The topological polar surface area (TPSA) is 56.5 Å². The second-order valence-corrected chi connectivity index (χ2v) is 7.11. The number of nitrogens with one attached hydrogen (secondary N) is 3. The third-order valence-corrected chi connectivity index (χ3v) is 4.83. The third-order valence-electron chi connectivity index (χ3n) is 4.83. The first-order valence-electron chi connectivity index (χ1n) is 7.93.